The third-order valence-corrected chi connectivity index (χ3v) is 5.32. The normalized spacial score (nSPS) is 31.5. The molecule has 7 heteroatoms. The molecule has 2 fully saturated rings. The third kappa shape index (κ3) is 1.36. The van der Waals surface area contributed by atoms with Crippen molar-refractivity contribution in [3.8, 4) is 11.5 Å². The molecule has 1 aromatic heterocycles. The number of Topliss-reactive ketones (excluding diaryl/α,β-unsaturated/α-hetero) is 1. The largest absolute Gasteiger partial charge is 0.496 e. The fourth-order valence-electron chi connectivity index (χ4n) is 4.25. The number of benzene rings is 1. The van der Waals surface area contributed by atoms with Gasteiger partial charge in [-0.2, -0.15) is 0 Å². The van der Waals surface area contributed by atoms with Crippen LogP contribution in [0.4, 0.5) is 0 Å². The van der Waals surface area contributed by atoms with Crippen molar-refractivity contribution in [2.75, 3.05) is 7.11 Å². The number of fused-ring (bicyclic) bond motifs is 9. The average Bonchev–Trinajstić information content (AvgIpc) is 2.91. The number of rotatable bonds is 1. The zero-order chi connectivity index (χ0) is 16.2. The van der Waals surface area contributed by atoms with Crippen LogP contribution in [0.2, 0.25) is 0 Å². The van der Waals surface area contributed by atoms with Gasteiger partial charge in [-0.3, -0.25) is 4.79 Å². The van der Waals surface area contributed by atoms with E-state index in [9.17, 15) is 9.59 Å². The summed E-state index contributed by atoms with van der Waals surface area (Å²) < 4.78 is 28.0. The molecule has 2 saturated heterocycles. The molecule has 0 amide bonds. The third-order valence-electron chi connectivity index (χ3n) is 5.32. The molecule has 0 spiro atoms. The van der Waals surface area contributed by atoms with E-state index in [1.54, 1.807) is 13.2 Å². The van der Waals surface area contributed by atoms with Gasteiger partial charge in [-0.15, -0.1) is 0 Å². The van der Waals surface area contributed by atoms with Crippen LogP contribution in [0.3, 0.4) is 0 Å². The zero-order valence-corrected chi connectivity index (χ0v) is 12.7. The molecule has 1 aromatic carbocycles. The number of hydrogen-bond acceptors (Lipinski definition) is 7. The number of methoxy groups -OCH3 is 1. The standard InChI is InChI=1S/C17H12O7/c1-20-7-4-8-11(12-14-17(23-14)24-16(12)21-8)13-10(7)5-2-3-6(18)9(5)15(19)22-13/h4,12,14,16-17H,2-3H2,1H3. The van der Waals surface area contributed by atoms with Crippen LogP contribution in [0.1, 0.15) is 33.8 Å². The van der Waals surface area contributed by atoms with Gasteiger partial charge in [-0.05, 0) is 12.0 Å². The minimum absolute atomic E-state index is 0.0759. The summed E-state index contributed by atoms with van der Waals surface area (Å²) in [5.74, 6) is 0.811. The Morgan fingerprint density at radius 2 is 2.04 bits per heavy atom. The maximum absolute atomic E-state index is 12.4. The van der Waals surface area contributed by atoms with Gasteiger partial charge in [0.25, 0.3) is 0 Å². The average molecular weight is 328 g/mol. The summed E-state index contributed by atoms with van der Waals surface area (Å²) in [5.41, 5.74) is 1.47. The van der Waals surface area contributed by atoms with Crippen LogP contribution in [-0.4, -0.2) is 31.6 Å². The van der Waals surface area contributed by atoms with Crippen LogP contribution in [-0.2, 0) is 15.9 Å². The SMILES string of the molecule is COc1cc2c(c3oc(=O)c4c(c13)CCC4=O)C1C(O2)OC2OC21. The van der Waals surface area contributed by atoms with E-state index in [2.05, 4.69) is 0 Å². The van der Waals surface area contributed by atoms with Gasteiger partial charge in [-0.1, -0.05) is 0 Å². The predicted molar refractivity (Wildman–Crippen MR) is 78.6 cm³/mol. The first-order chi connectivity index (χ1) is 11.7. The number of ether oxygens (including phenoxy) is 4. The van der Waals surface area contributed by atoms with Crippen LogP contribution < -0.4 is 15.1 Å². The van der Waals surface area contributed by atoms with Crippen LogP contribution >= 0.6 is 0 Å². The second-order valence-electron chi connectivity index (χ2n) is 6.48. The summed E-state index contributed by atoms with van der Waals surface area (Å²) in [4.78, 5) is 24.4. The second-order valence-corrected chi connectivity index (χ2v) is 6.48. The zero-order valence-electron chi connectivity index (χ0n) is 12.7. The van der Waals surface area contributed by atoms with E-state index in [4.69, 9.17) is 23.4 Å². The Kier molecular flexibility index (Phi) is 2.15. The number of carbonyl (C=O) groups is 1. The van der Waals surface area contributed by atoms with Gasteiger partial charge in [0.15, 0.2) is 12.1 Å². The lowest BCUT2D eigenvalue weighted by Gasteiger charge is -2.13. The minimum Gasteiger partial charge on any atom is -0.496 e. The van der Waals surface area contributed by atoms with Crippen molar-refractivity contribution in [1.29, 1.82) is 0 Å². The highest BCUT2D eigenvalue weighted by Crippen LogP contribution is 2.57. The molecular formula is C17H12O7. The van der Waals surface area contributed by atoms with Crippen molar-refractivity contribution in [1.82, 2.24) is 0 Å². The molecule has 0 bridgehead atoms. The van der Waals surface area contributed by atoms with Gasteiger partial charge in [0.2, 0.25) is 6.29 Å². The molecule has 4 heterocycles. The number of ketones is 1. The number of epoxide rings is 1. The number of aryl methyl sites for hydroxylation is 1. The Balaban J connectivity index is 1.74. The van der Waals surface area contributed by atoms with Gasteiger partial charge in [0.1, 0.15) is 28.7 Å². The maximum atomic E-state index is 12.4. The first-order valence-corrected chi connectivity index (χ1v) is 7.88. The van der Waals surface area contributed by atoms with E-state index in [0.717, 1.165) is 5.56 Å². The molecule has 122 valence electrons. The molecule has 4 unspecified atom stereocenters. The Bertz CT molecular complexity index is 1000. The fraction of sp³-hybridized carbons (Fsp3) is 0.412. The van der Waals surface area contributed by atoms with Crippen LogP contribution in [0.5, 0.6) is 11.5 Å². The van der Waals surface area contributed by atoms with E-state index in [1.807, 2.05) is 0 Å². The van der Waals surface area contributed by atoms with Gasteiger partial charge in [0, 0.05) is 12.5 Å². The first kappa shape index (κ1) is 13.0. The lowest BCUT2D eigenvalue weighted by atomic mass is 9.93. The molecular weight excluding hydrogens is 316 g/mol. The summed E-state index contributed by atoms with van der Waals surface area (Å²) in [6.45, 7) is 0. The molecule has 3 aliphatic heterocycles. The Hall–Kier alpha value is -2.38. The number of hydrogen-bond donors (Lipinski definition) is 0. The molecule has 0 N–H and O–H groups in total. The van der Waals surface area contributed by atoms with Gasteiger partial charge >= 0.3 is 5.63 Å². The fourth-order valence-corrected chi connectivity index (χ4v) is 4.25. The molecule has 4 aliphatic rings. The lowest BCUT2D eigenvalue weighted by molar-refractivity contribution is -0.109. The molecule has 2 aromatic rings. The quantitative estimate of drug-likeness (QED) is 0.579. The van der Waals surface area contributed by atoms with Crippen LogP contribution in [0.25, 0.3) is 11.0 Å². The lowest BCUT2D eigenvalue weighted by Crippen LogP contribution is -2.19. The summed E-state index contributed by atoms with van der Waals surface area (Å²) >= 11 is 0. The Labute approximate surface area is 135 Å². The molecule has 7 nitrogen and oxygen atoms in total. The van der Waals surface area contributed by atoms with Crippen LogP contribution in [0.15, 0.2) is 15.3 Å². The van der Waals surface area contributed by atoms with E-state index in [0.29, 0.717) is 40.9 Å². The smallest absolute Gasteiger partial charge is 0.347 e. The summed E-state index contributed by atoms with van der Waals surface area (Å²) in [6.07, 6.45) is 0.0820. The van der Waals surface area contributed by atoms with E-state index >= 15 is 0 Å². The summed E-state index contributed by atoms with van der Waals surface area (Å²) in [5, 5.41) is 0.685. The highest BCUT2D eigenvalue weighted by molar-refractivity contribution is 6.06. The Morgan fingerprint density at radius 1 is 1.17 bits per heavy atom. The Morgan fingerprint density at radius 3 is 2.88 bits per heavy atom. The van der Waals surface area contributed by atoms with Gasteiger partial charge in [-0.25, -0.2) is 4.79 Å². The first-order valence-electron chi connectivity index (χ1n) is 7.88. The second kappa shape index (κ2) is 3.99. The highest BCUT2D eigenvalue weighted by atomic mass is 16.8. The molecule has 4 atom stereocenters. The van der Waals surface area contributed by atoms with Gasteiger partial charge in [0.05, 0.1) is 24.0 Å². The summed E-state index contributed by atoms with van der Waals surface area (Å²) in [6, 6.07) is 1.78. The van der Waals surface area contributed by atoms with Crippen molar-refractivity contribution in [3.63, 3.8) is 0 Å². The topological polar surface area (TPSA) is 87.5 Å². The van der Waals surface area contributed by atoms with Crippen molar-refractivity contribution in [2.24, 2.45) is 0 Å². The molecule has 0 saturated carbocycles. The maximum Gasteiger partial charge on any atom is 0.347 e. The van der Waals surface area contributed by atoms with E-state index in [1.165, 1.54) is 0 Å². The van der Waals surface area contributed by atoms with Crippen molar-refractivity contribution in [2.45, 2.75) is 37.4 Å². The molecule has 1 aliphatic carbocycles. The summed E-state index contributed by atoms with van der Waals surface area (Å²) in [7, 11) is 1.54. The van der Waals surface area contributed by atoms with Crippen LogP contribution in [0, 0.1) is 0 Å². The molecule has 24 heavy (non-hydrogen) atoms. The molecule has 6 rings (SSSR count). The number of carbonyl (C=O) groups excluding carboxylic acids is 1. The van der Waals surface area contributed by atoms with Crippen molar-refractivity contribution in [3.05, 3.63) is 33.2 Å². The van der Waals surface area contributed by atoms with Crippen molar-refractivity contribution < 1.29 is 28.2 Å². The predicted octanol–water partition coefficient (Wildman–Crippen LogP) is 1.49. The minimum atomic E-state index is -0.592. The van der Waals surface area contributed by atoms with Crippen molar-refractivity contribution >= 4 is 16.8 Å². The van der Waals surface area contributed by atoms with E-state index in [-0.39, 0.29) is 29.7 Å². The van der Waals surface area contributed by atoms with E-state index < -0.39 is 11.9 Å². The molecule has 0 radical (unpaired) electrons. The monoisotopic (exact) mass is 328 g/mol. The van der Waals surface area contributed by atoms with Gasteiger partial charge < -0.3 is 23.4 Å². The highest BCUT2D eigenvalue weighted by Gasteiger charge is 2.63.